The van der Waals surface area contributed by atoms with Crippen molar-refractivity contribution in [1.29, 1.82) is 0 Å². The summed E-state index contributed by atoms with van der Waals surface area (Å²) in [4.78, 5) is 0. The van der Waals surface area contributed by atoms with Crippen LogP contribution in [0.15, 0.2) is 12.1 Å². The molecule has 1 fully saturated rings. The molecule has 0 bridgehead atoms. The Labute approximate surface area is 107 Å². The van der Waals surface area contributed by atoms with E-state index in [2.05, 4.69) is 10.6 Å². The summed E-state index contributed by atoms with van der Waals surface area (Å²) in [7, 11) is 0. The van der Waals surface area contributed by atoms with Gasteiger partial charge in [0, 0.05) is 6.54 Å². The maximum atomic E-state index is 13.2. The molecule has 94 valence electrons. The number of anilines is 1. The van der Waals surface area contributed by atoms with Crippen molar-refractivity contribution in [3.63, 3.8) is 0 Å². The number of halogens is 2. The molecule has 1 aromatic carbocycles. The summed E-state index contributed by atoms with van der Waals surface area (Å²) < 4.78 is 13.2. The lowest BCUT2D eigenvalue weighted by Gasteiger charge is -2.23. The molecule has 1 saturated heterocycles. The highest BCUT2D eigenvalue weighted by molar-refractivity contribution is 6.33. The van der Waals surface area contributed by atoms with Crippen LogP contribution < -0.4 is 10.6 Å². The molecule has 1 aromatic rings. The van der Waals surface area contributed by atoms with Gasteiger partial charge >= 0.3 is 0 Å². The van der Waals surface area contributed by atoms with Gasteiger partial charge in [0.05, 0.1) is 10.7 Å². The van der Waals surface area contributed by atoms with Gasteiger partial charge in [0.2, 0.25) is 0 Å². The molecule has 1 atom stereocenters. The molecule has 0 aliphatic carbocycles. The third-order valence-corrected chi connectivity index (χ3v) is 3.54. The number of piperidine rings is 1. The predicted molar refractivity (Wildman–Crippen MR) is 70.2 cm³/mol. The zero-order valence-corrected chi connectivity index (χ0v) is 10.8. The van der Waals surface area contributed by atoms with E-state index in [4.69, 9.17) is 11.6 Å². The fraction of sp³-hybridized carbons (Fsp3) is 0.538. The van der Waals surface area contributed by atoms with Gasteiger partial charge in [-0.3, -0.25) is 0 Å². The standard InChI is InChI=1S/C13H18ClFN2/c1-9-5-13(11(14)6-12(9)15)17-8-10-3-2-4-16-7-10/h5-6,10,16-17H,2-4,7-8H2,1H3. The zero-order chi connectivity index (χ0) is 12.3. The Kier molecular flexibility index (Phi) is 4.24. The minimum atomic E-state index is -0.250. The Hall–Kier alpha value is -0.800. The molecule has 1 aliphatic heterocycles. The molecule has 17 heavy (non-hydrogen) atoms. The molecular formula is C13H18ClFN2. The lowest BCUT2D eigenvalue weighted by molar-refractivity contribution is 0.393. The summed E-state index contributed by atoms with van der Waals surface area (Å²) in [6.07, 6.45) is 2.46. The van der Waals surface area contributed by atoms with Gasteiger partial charge in [0.15, 0.2) is 0 Å². The maximum absolute atomic E-state index is 13.2. The van der Waals surface area contributed by atoms with Gasteiger partial charge in [-0.05, 0) is 56.5 Å². The number of rotatable bonds is 3. The average Bonchev–Trinajstić information content (AvgIpc) is 2.33. The van der Waals surface area contributed by atoms with E-state index in [1.54, 1.807) is 13.0 Å². The van der Waals surface area contributed by atoms with Crippen molar-refractivity contribution in [2.24, 2.45) is 5.92 Å². The minimum absolute atomic E-state index is 0.250. The SMILES string of the molecule is Cc1cc(NCC2CCCNC2)c(Cl)cc1F. The summed E-state index contributed by atoms with van der Waals surface area (Å²) in [6, 6.07) is 3.15. The van der Waals surface area contributed by atoms with Gasteiger partial charge < -0.3 is 10.6 Å². The summed E-state index contributed by atoms with van der Waals surface area (Å²) >= 11 is 6.00. The Bertz CT molecular complexity index is 389. The van der Waals surface area contributed by atoms with Crippen molar-refractivity contribution in [1.82, 2.24) is 5.32 Å². The van der Waals surface area contributed by atoms with E-state index >= 15 is 0 Å². The number of benzene rings is 1. The molecule has 1 unspecified atom stereocenters. The molecule has 0 saturated carbocycles. The van der Waals surface area contributed by atoms with E-state index in [-0.39, 0.29) is 5.82 Å². The van der Waals surface area contributed by atoms with Crippen LogP contribution in [-0.2, 0) is 0 Å². The summed E-state index contributed by atoms with van der Waals surface area (Å²) in [5.41, 5.74) is 1.45. The minimum Gasteiger partial charge on any atom is -0.384 e. The molecule has 0 amide bonds. The molecule has 2 rings (SSSR count). The quantitative estimate of drug-likeness (QED) is 0.868. The van der Waals surface area contributed by atoms with Gasteiger partial charge in [-0.1, -0.05) is 11.6 Å². The second-order valence-corrected chi connectivity index (χ2v) is 5.08. The molecule has 2 N–H and O–H groups in total. The molecular weight excluding hydrogens is 239 g/mol. The van der Waals surface area contributed by atoms with Gasteiger partial charge in [0.1, 0.15) is 5.82 Å². The topological polar surface area (TPSA) is 24.1 Å². The van der Waals surface area contributed by atoms with Crippen molar-refractivity contribution in [2.75, 3.05) is 25.0 Å². The average molecular weight is 257 g/mol. The van der Waals surface area contributed by atoms with Crippen molar-refractivity contribution < 1.29 is 4.39 Å². The second-order valence-electron chi connectivity index (χ2n) is 4.67. The van der Waals surface area contributed by atoms with Crippen molar-refractivity contribution in [3.8, 4) is 0 Å². The monoisotopic (exact) mass is 256 g/mol. The lowest BCUT2D eigenvalue weighted by atomic mass is 9.99. The molecule has 0 spiro atoms. The van der Waals surface area contributed by atoms with Crippen LogP contribution in [-0.4, -0.2) is 19.6 Å². The zero-order valence-electron chi connectivity index (χ0n) is 10.0. The molecule has 0 aromatic heterocycles. The Balaban J connectivity index is 1.96. The first-order valence-electron chi connectivity index (χ1n) is 6.07. The number of hydrogen-bond donors (Lipinski definition) is 2. The number of aryl methyl sites for hydroxylation is 1. The van der Waals surface area contributed by atoms with Gasteiger partial charge in [-0.15, -0.1) is 0 Å². The molecule has 1 aliphatic rings. The van der Waals surface area contributed by atoms with Crippen molar-refractivity contribution in [3.05, 3.63) is 28.5 Å². The third kappa shape index (κ3) is 3.33. The fourth-order valence-corrected chi connectivity index (χ4v) is 2.36. The van der Waals surface area contributed by atoms with Crippen LogP contribution in [0.3, 0.4) is 0 Å². The summed E-state index contributed by atoms with van der Waals surface area (Å²) in [5.74, 6) is 0.380. The largest absolute Gasteiger partial charge is 0.384 e. The molecule has 0 radical (unpaired) electrons. The number of hydrogen-bond acceptors (Lipinski definition) is 2. The smallest absolute Gasteiger partial charge is 0.127 e. The Morgan fingerprint density at radius 1 is 1.53 bits per heavy atom. The van der Waals surface area contributed by atoms with Crippen LogP contribution >= 0.6 is 11.6 Å². The summed E-state index contributed by atoms with van der Waals surface area (Å²) in [6.45, 7) is 4.80. The van der Waals surface area contributed by atoms with Crippen molar-refractivity contribution in [2.45, 2.75) is 19.8 Å². The van der Waals surface area contributed by atoms with Gasteiger partial charge in [-0.2, -0.15) is 0 Å². The molecule has 2 nitrogen and oxygen atoms in total. The normalized spacial score (nSPS) is 20.3. The highest BCUT2D eigenvalue weighted by atomic mass is 35.5. The van der Waals surface area contributed by atoms with E-state index in [0.717, 1.165) is 25.3 Å². The summed E-state index contributed by atoms with van der Waals surface area (Å²) in [5, 5.41) is 7.14. The van der Waals surface area contributed by atoms with Gasteiger partial charge in [-0.25, -0.2) is 4.39 Å². The van der Waals surface area contributed by atoms with Crippen LogP contribution in [0, 0.1) is 18.7 Å². The highest BCUT2D eigenvalue weighted by Gasteiger charge is 2.13. The van der Waals surface area contributed by atoms with Crippen molar-refractivity contribution >= 4 is 17.3 Å². The Morgan fingerprint density at radius 3 is 3.06 bits per heavy atom. The second kappa shape index (κ2) is 5.69. The highest BCUT2D eigenvalue weighted by Crippen LogP contribution is 2.25. The van der Waals surface area contributed by atoms with Gasteiger partial charge in [0.25, 0.3) is 0 Å². The third-order valence-electron chi connectivity index (χ3n) is 3.23. The van der Waals surface area contributed by atoms with Crippen LogP contribution in [0.1, 0.15) is 18.4 Å². The maximum Gasteiger partial charge on any atom is 0.127 e. The Morgan fingerprint density at radius 2 is 2.35 bits per heavy atom. The lowest BCUT2D eigenvalue weighted by Crippen LogP contribution is -2.33. The first kappa shape index (κ1) is 12.7. The van der Waals surface area contributed by atoms with E-state index < -0.39 is 0 Å². The predicted octanol–water partition coefficient (Wildman–Crippen LogP) is 3.20. The fourth-order valence-electron chi connectivity index (χ4n) is 2.15. The van der Waals surface area contributed by atoms with Crippen LogP contribution in [0.2, 0.25) is 5.02 Å². The molecule has 1 heterocycles. The van der Waals surface area contributed by atoms with E-state index in [9.17, 15) is 4.39 Å². The first-order valence-corrected chi connectivity index (χ1v) is 6.45. The van der Waals surface area contributed by atoms with Crippen LogP contribution in [0.4, 0.5) is 10.1 Å². The van der Waals surface area contributed by atoms with Crippen LogP contribution in [0.25, 0.3) is 0 Å². The van der Waals surface area contributed by atoms with E-state index in [0.29, 0.717) is 16.5 Å². The molecule has 4 heteroatoms. The first-order chi connectivity index (χ1) is 8.16. The van der Waals surface area contributed by atoms with E-state index in [1.165, 1.54) is 18.9 Å². The number of nitrogens with one attached hydrogen (secondary N) is 2. The van der Waals surface area contributed by atoms with E-state index in [1.807, 2.05) is 0 Å². The van der Waals surface area contributed by atoms with Crippen LogP contribution in [0.5, 0.6) is 0 Å².